The Kier molecular flexibility index (Phi) is 5.64. The van der Waals surface area contributed by atoms with Crippen LogP contribution in [0.15, 0.2) is 0 Å². The van der Waals surface area contributed by atoms with Gasteiger partial charge < -0.3 is 10.6 Å². The molecule has 3 atom stereocenters. The maximum Gasteiger partial charge on any atom is 0.237 e. The van der Waals surface area contributed by atoms with E-state index in [1.54, 1.807) is 0 Å². The van der Waals surface area contributed by atoms with E-state index >= 15 is 0 Å². The van der Waals surface area contributed by atoms with E-state index in [1.165, 1.54) is 32.1 Å². The van der Waals surface area contributed by atoms with E-state index in [-0.39, 0.29) is 17.5 Å². The molecule has 0 spiro atoms. The van der Waals surface area contributed by atoms with Crippen LogP contribution < -0.4 is 10.6 Å². The normalized spacial score (nSPS) is 26.7. The minimum absolute atomic E-state index is 0.0959. The Morgan fingerprint density at radius 1 is 1.28 bits per heavy atom. The molecule has 1 aliphatic rings. The topological polar surface area (TPSA) is 41.1 Å². The first-order chi connectivity index (χ1) is 8.33. The third-order valence-corrected chi connectivity index (χ3v) is 3.79. The third-order valence-electron chi connectivity index (χ3n) is 3.79. The molecule has 106 valence electrons. The van der Waals surface area contributed by atoms with E-state index in [0.717, 1.165) is 5.92 Å². The Bertz CT molecular complexity index is 270. The predicted octanol–water partition coefficient (Wildman–Crippen LogP) is 2.85. The van der Waals surface area contributed by atoms with E-state index < -0.39 is 0 Å². The second-order valence-corrected chi connectivity index (χ2v) is 6.69. The van der Waals surface area contributed by atoms with E-state index in [0.29, 0.717) is 6.04 Å². The lowest BCUT2D eigenvalue weighted by Gasteiger charge is -2.34. The van der Waals surface area contributed by atoms with Gasteiger partial charge in [0, 0.05) is 11.6 Å². The third kappa shape index (κ3) is 4.97. The molecule has 1 amide bonds. The highest BCUT2D eigenvalue weighted by molar-refractivity contribution is 5.81. The molecule has 0 aromatic rings. The van der Waals surface area contributed by atoms with Gasteiger partial charge in [-0.1, -0.05) is 26.2 Å². The van der Waals surface area contributed by atoms with Gasteiger partial charge in [-0.2, -0.15) is 0 Å². The second kappa shape index (κ2) is 6.55. The summed E-state index contributed by atoms with van der Waals surface area (Å²) in [6.07, 6.45) is 6.37. The van der Waals surface area contributed by atoms with Crippen LogP contribution in [0.25, 0.3) is 0 Å². The Morgan fingerprint density at radius 2 is 1.89 bits per heavy atom. The van der Waals surface area contributed by atoms with Crippen LogP contribution in [0, 0.1) is 5.92 Å². The first-order valence-corrected chi connectivity index (χ1v) is 7.41. The molecule has 0 radical (unpaired) electrons. The van der Waals surface area contributed by atoms with E-state index in [4.69, 9.17) is 0 Å². The van der Waals surface area contributed by atoms with E-state index in [2.05, 4.69) is 17.6 Å². The minimum atomic E-state index is -0.149. The first kappa shape index (κ1) is 15.5. The second-order valence-electron chi connectivity index (χ2n) is 6.69. The van der Waals surface area contributed by atoms with Crippen LogP contribution in [0.2, 0.25) is 0 Å². The molecule has 0 aromatic heterocycles. The standard InChI is InChI=1S/C15H30N2O/c1-6-12-9-7-8-10-13(12)16-11(2)14(18)17-15(3,4)5/h11-13,16H,6-10H2,1-5H3,(H,17,18). The summed E-state index contributed by atoms with van der Waals surface area (Å²) in [5.74, 6) is 0.853. The largest absolute Gasteiger partial charge is 0.350 e. The van der Waals surface area contributed by atoms with Gasteiger partial charge in [-0.25, -0.2) is 0 Å². The molecular formula is C15H30N2O. The molecule has 1 saturated carbocycles. The fraction of sp³-hybridized carbons (Fsp3) is 0.933. The van der Waals surface area contributed by atoms with Crippen molar-refractivity contribution < 1.29 is 4.79 Å². The molecule has 3 nitrogen and oxygen atoms in total. The van der Waals surface area contributed by atoms with Gasteiger partial charge in [-0.15, -0.1) is 0 Å². The monoisotopic (exact) mass is 254 g/mol. The molecule has 0 saturated heterocycles. The van der Waals surface area contributed by atoms with Gasteiger partial charge >= 0.3 is 0 Å². The summed E-state index contributed by atoms with van der Waals surface area (Å²) in [6, 6.07) is 0.422. The molecule has 0 heterocycles. The maximum absolute atomic E-state index is 12.1. The number of carbonyl (C=O) groups is 1. The number of nitrogens with one attached hydrogen (secondary N) is 2. The molecule has 1 rings (SSSR count). The number of carbonyl (C=O) groups excluding carboxylic acids is 1. The highest BCUT2D eigenvalue weighted by atomic mass is 16.2. The molecule has 1 aliphatic carbocycles. The van der Waals surface area contributed by atoms with Crippen molar-refractivity contribution >= 4 is 5.91 Å². The first-order valence-electron chi connectivity index (χ1n) is 7.41. The summed E-state index contributed by atoms with van der Waals surface area (Å²) in [5, 5.41) is 6.57. The zero-order valence-electron chi connectivity index (χ0n) is 12.7. The van der Waals surface area contributed by atoms with Gasteiger partial charge in [0.15, 0.2) is 0 Å². The number of rotatable bonds is 4. The average molecular weight is 254 g/mol. The highest BCUT2D eigenvalue weighted by Gasteiger charge is 2.27. The summed E-state index contributed by atoms with van der Waals surface area (Å²) in [6.45, 7) is 10.3. The molecule has 2 N–H and O–H groups in total. The quantitative estimate of drug-likeness (QED) is 0.810. The fourth-order valence-electron chi connectivity index (χ4n) is 2.79. The van der Waals surface area contributed by atoms with Crippen LogP contribution in [0.1, 0.15) is 66.7 Å². The maximum atomic E-state index is 12.1. The Hall–Kier alpha value is -0.570. The highest BCUT2D eigenvalue weighted by Crippen LogP contribution is 2.27. The van der Waals surface area contributed by atoms with Crippen molar-refractivity contribution in [1.82, 2.24) is 10.6 Å². The lowest BCUT2D eigenvalue weighted by molar-refractivity contribution is -0.124. The molecular weight excluding hydrogens is 224 g/mol. The molecule has 0 aromatic carbocycles. The van der Waals surface area contributed by atoms with Crippen molar-refractivity contribution in [3.63, 3.8) is 0 Å². The van der Waals surface area contributed by atoms with Gasteiger partial charge in [0.2, 0.25) is 5.91 Å². The predicted molar refractivity (Wildman–Crippen MR) is 76.5 cm³/mol. The molecule has 3 heteroatoms. The van der Waals surface area contributed by atoms with Crippen LogP contribution in [0.4, 0.5) is 0 Å². The van der Waals surface area contributed by atoms with Gasteiger partial charge in [0.25, 0.3) is 0 Å². The van der Waals surface area contributed by atoms with E-state index in [1.807, 2.05) is 27.7 Å². The Labute approximate surface area is 112 Å². The lowest BCUT2D eigenvalue weighted by atomic mass is 9.82. The van der Waals surface area contributed by atoms with Gasteiger partial charge in [0.1, 0.15) is 0 Å². The Balaban J connectivity index is 2.47. The SMILES string of the molecule is CCC1CCCCC1NC(C)C(=O)NC(C)(C)C. The van der Waals surface area contributed by atoms with Crippen molar-refractivity contribution in [2.24, 2.45) is 5.92 Å². The van der Waals surface area contributed by atoms with Gasteiger partial charge in [0.05, 0.1) is 6.04 Å². The van der Waals surface area contributed by atoms with Gasteiger partial charge in [-0.05, 0) is 46.5 Å². The molecule has 0 bridgehead atoms. The minimum Gasteiger partial charge on any atom is -0.350 e. The number of hydrogen-bond acceptors (Lipinski definition) is 2. The smallest absolute Gasteiger partial charge is 0.237 e. The van der Waals surface area contributed by atoms with Crippen LogP contribution in [-0.2, 0) is 4.79 Å². The molecule has 1 fully saturated rings. The van der Waals surface area contributed by atoms with Gasteiger partial charge in [-0.3, -0.25) is 4.79 Å². The van der Waals surface area contributed by atoms with Crippen LogP contribution in [0.5, 0.6) is 0 Å². The summed E-state index contributed by atoms with van der Waals surface area (Å²) in [5.41, 5.74) is -0.149. The zero-order valence-corrected chi connectivity index (χ0v) is 12.7. The Morgan fingerprint density at radius 3 is 2.44 bits per heavy atom. The van der Waals surface area contributed by atoms with Crippen molar-refractivity contribution in [3.8, 4) is 0 Å². The van der Waals surface area contributed by atoms with Crippen LogP contribution >= 0.6 is 0 Å². The molecule has 18 heavy (non-hydrogen) atoms. The molecule has 0 aliphatic heterocycles. The lowest BCUT2D eigenvalue weighted by Crippen LogP contribution is -2.53. The zero-order chi connectivity index (χ0) is 13.8. The number of amides is 1. The van der Waals surface area contributed by atoms with Crippen molar-refractivity contribution in [2.75, 3.05) is 0 Å². The van der Waals surface area contributed by atoms with Crippen molar-refractivity contribution in [3.05, 3.63) is 0 Å². The van der Waals surface area contributed by atoms with Crippen molar-refractivity contribution in [1.29, 1.82) is 0 Å². The fourth-order valence-corrected chi connectivity index (χ4v) is 2.79. The van der Waals surface area contributed by atoms with Crippen LogP contribution in [-0.4, -0.2) is 23.5 Å². The van der Waals surface area contributed by atoms with Crippen molar-refractivity contribution in [2.45, 2.75) is 84.3 Å². The van der Waals surface area contributed by atoms with E-state index in [9.17, 15) is 4.79 Å². The summed E-state index contributed by atoms with van der Waals surface area (Å²) in [7, 11) is 0. The number of hydrogen-bond donors (Lipinski definition) is 2. The summed E-state index contributed by atoms with van der Waals surface area (Å²) in [4.78, 5) is 12.1. The summed E-state index contributed by atoms with van der Waals surface area (Å²) >= 11 is 0. The molecule has 3 unspecified atom stereocenters. The average Bonchev–Trinajstić information content (AvgIpc) is 2.27. The van der Waals surface area contributed by atoms with Crippen LogP contribution in [0.3, 0.4) is 0 Å². The summed E-state index contributed by atoms with van der Waals surface area (Å²) < 4.78 is 0.